The maximum Gasteiger partial charge on any atom is 0.315 e. The molecule has 0 aromatic carbocycles. The zero-order valence-electron chi connectivity index (χ0n) is 13.5. The maximum atomic E-state index is 5.56. The molecule has 1 rings (SSSR count). The molecule has 0 aliphatic carbocycles. The molecule has 20 heavy (non-hydrogen) atoms. The molecule has 1 aromatic rings. The Bertz CT molecular complexity index is 363. The third kappa shape index (κ3) is 6.89. The van der Waals surface area contributed by atoms with Gasteiger partial charge in [0.2, 0.25) is 5.89 Å². The predicted octanol–water partition coefficient (Wildman–Crippen LogP) is 3.59. The van der Waals surface area contributed by atoms with Gasteiger partial charge in [-0.3, -0.25) is 0 Å². The minimum atomic E-state index is 0.254. The van der Waals surface area contributed by atoms with E-state index >= 15 is 0 Å². The molecular formula is C15H30N4O. The molecular weight excluding hydrogens is 252 g/mol. The van der Waals surface area contributed by atoms with Gasteiger partial charge in [-0.25, -0.2) is 0 Å². The van der Waals surface area contributed by atoms with Crippen LogP contribution in [-0.4, -0.2) is 23.3 Å². The number of aromatic nitrogens is 2. The highest BCUT2D eigenvalue weighted by Gasteiger charge is 2.18. The number of hydrogen-bond donors (Lipinski definition) is 2. The van der Waals surface area contributed by atoms with Crippen molar-refractivity contribution in [3.63, 3.8) is 0 Å². The quantitative estimate of drug-likeness (QED) is 0.607. The molecule has 0 unspecified atom stereocenters. The Kier molecular flexibility index (Phi) is 7.59. The average molecular weight is 282 g/mol. The molecule has 116 valence electrons. The lowest BCUT2D eigenvalue weighted by Gasteiger charge is -2.24. The van der Waals surface area contributed by atoms with Crippen molar-refractivity contribution < 1.29 is 4.42 Å². The van der Waals surface area contributed by atoms with Gasteiger partial charge in [0.1, 0.15) is 0 Å². The summed E-state index contributed by atoms with van der Waals surface area (Å²) in [5, 5.41) is 14.6. The van der Waals surface area contributed by atoms with E-state index in [1.165, 1.54) is 25.7 Å². The molecule has 2 N–H and O–H groups in total. The molecule has 1 heterocycles. The molecule has 0 spiro atoms. The maximum absolute atomic E-state index is 5.56. The van der Waals surface area contributed by atoms with Crippen LogP contribution in [0.25, 0.3) is 0 Å². The number of rotatable bonds is 11. The van der Waals surface area contributed by atoms with Gasteiger partial charge < -0.3 is 15.1 Å². The van der Waals surface area contributed by atoms with Gasteiger partial charge in [-0.05, 0) is 24.8 Å². The van der Waals surface area contributed by atoms with E-state index in [0.29, 0.717) is 18.5 Å². The summed E-state index contributed by atoms with van der Waals surface area (Å²) in [6, 6.07) is 0.530. The summed E-state index contributed by atoms with van der Waals surface area (Å²) < 4.78 is 5.56. The highest BCUT2D eigenvalue weighted by Crippen LogP contribution is 2.24. The first kappa shape index (κ1) is 17.0. The Morgan fingerprint density at radius 1 is 1.10 bits per heavy atom. The van der Waals surface area contributed by atoms with Crippen LogP contribution in [0.1, 0.15) is 65.7 Å². The van der Waals surface area contributed by atoms with E-state index in [2.05, 4.69) is 48.5 Å². The van der Waals surface area contributed by atoms with Gasteiger partial charge in [0.15, 0.2) is 0 Å². The third-order valence-electron chi connectivity index (χ3n) is 3.35. The van der Waals surface area contributed by atoms with Crippen molar-refractivity contribution in [2.75, 3.05) is 18.4 Å². The van der Waals surface area contributed by atoms with Crippen molar-refractivity contribution >= 4 is 6.01 Å². The van der Waals surface area contributed by atoms with Crippen LogP contribution in [0, 0.1) is 5.41 Å². The summed E-state index contributed by atoms with van der Waals surface area (Å²) >= 11 is 0. The highest BCUT2D eigenvalue weighted by molar-refractivity contribution is 5.17. The number of anilines is 1. The smallest absolute Gasteiger partial charge is 0.315 e. The lowest BCUT2D eigenvalue weighted by molar-refractivity contribution is 0.338. The van der Waals surface area contributed by atoms with Gasteiger partial charge in [0.25, 0.3) is 0 Å². The lowest BCUT2D eigenvalue weighted by Crippen LogP contribution is -2.23. The molecule has 0 radical (unpaired) electrons. The van der Waals surface area contributed by atoms with E-state index in [9.17, 15) is 0 Å². The Labute approximate surface area is 122 Å². The molecule has 1 aromatic heterocycles. The zero-order valence-corrected chi connectivity index (χ0v) is 13.5. The standard InChI is InChI=1S/C15H30N4O/c1-5-7-8-9-15(3,4)12-17-14-19-18-13(20-14)11-16-10-6-2/h16H,5-12H2,1-4H3,(H,17,19). The Balaban J connectivity index is 2.30. The monoisotopic (exact) mass is 282 g/mol. The Morgan fingerprint density at radius 2 is 1.90 bits per heavy atom. The summed E-state index contributed by atoms with van der Waals surface area (Å²) in [6.07, 6.45) is 6.16. The second-order valence-electron chi connectivity index (χ2n) is 6.15. The van der Waals surface area contributed by atoms with Gasteiger partial charge in [0, 0.05) is 6.54 Å². The summed E-state index contributed by atoms with van der Waals surface area (Å²) in [6.45, 7) is 11.4. The third-order valence-corrected chi connectivity index (χ3v) is 3.35. The van der Waals surface area contributed by atoms with Crippen molar-refractivity contribution in [3.8, 4) is 0 Å². The SMILES string of the molecule is CCCCCC(C)(C)CNc1nnc(CNCCC)o1. The summed E-state index contributed by atoms with van der Waals surface area (Å²) in [4.78, 5) is 0. The second kappa shape index (κ2) is 8.95. The molecule has 0 saturated heterocycles. The molecule has 0 amide bonds. The number of unbranched alkanes of at least 4 members (excludes halogenated alkanes) is 2. The van der Waals surface area contributed by atoms with E-state index in [4.69, 9.17) is 4.42 Å². The van der Waals surface area contributed by atoms with Crippen molar-refractivity contribution in [2.45, 2.75) is 66.3 Å². The van der Waals surface area contributed by atoms with Crippen molar-refractivity contribution in [3.05, 3.63) is 5.89 Å². The van der Waals surface area contributed by atoms with E-state index in [-0.39, 0.29) is 5.41 Å². The average Bonchev–Trinajstić information content (AvgIpc) is 2.85. The van der Waals surface area contributed by atoms with Gasteiger partial charge in [-0.15, -0.1) is 5.10 Å². The lowest BCUT2D eigenvalue weighted by atomic mass is 9.87. The van der Waals surface area contributed by atoms with Gasteiger partial charge in [-0.2, -0.15) is 0 Å². The molecule has 0 atom stereocenters. The predicted molar refractivity (Wildman–Crippen MR) is 82.7 cm³/mol. The fourth-order valence-electron chi connectivity index (χ4n) is 2.03. The van der Waals surface area contributed by atoms with Crippen LogP contribution in [0.4, 0.5) is 6.01 Å². The largest absolute Gasteiger partial charge is 0.407 e. The minimum absolute atomic E-state index is 0.254. The van der Waals surface area contributed by atoms with Crippen molar-refractivity contribution in [1.82, 2.24) is 15.5 Å². The van der Waals surface area contributed by atoms with Crippen LogP contribution in [0.3, 0.4) is 0 Å². The first-order chi connectivity index (χ1) is 9.57. The van der Waals surface area contributed by atoms with Crippen LogP contribution in [0.2, 0.25) is 0 Å². The van der Waals surface area contributed by atoms with Crippen molar-refractivity contribution in [2.24, 2.45) is 5.41 Å². The second-order valence-corrected chi connectivity index (χ2v) is 6.15. The Morgan fingerprint density at radius 3 is 2.60 bits per heavy atom. The fraction of sp³-hybridized carbons (Fsp3) is 0.867. The molecule has 0 bridgehead atoms. The zero-order chi connectivity index (χ0) is 14.8. The van der Waals surface area contributed by atoms with Crippen LogP contribution in [0.15, 0.2) is 4.42 Å². The summed E-state index contributed by atoms with van der Waals surface area (Å²) in [7, 11) is 0. The molecule has 0 fully saturated rings. The van der Waals surface area contributed by atoms with Crippen molar-refractivity contribution in [1.29, 1.82) is 0 Å². The minimum Gasteiger partial charge on any atom is -0.407 e. The Hall–Kier alpha value is -1.10. The fourth-order valence-corrected chi connectivity index (χ4v) is 2.03. The van der Waals surface area contributed by atoms with Crippen LogP contribution < -0.4 is 10.6 Å². The molecule has 0 aliphatic heterocycles. The number of nitrogens with zero attached hydrogens (tertiary/aromatic N) is 2. The molecule has 5 heteroatoms. The number of nitrogens with one attached hydrogen (secondary N) is 2. The number of hydrogen-bond acceptors (Lipinski definition) is 5. The first-order valence-corrected chi connectivity index (χ1v) is 7.84. The molecule has 5 nitrogen and oxygen atoms in total. The molecule has 0 saturated carbocycles. The topological polar surface area (TPSA) is 63.0 Å². The highest BCUT2D eigenvalue weighted by atomic mass is 16.4. The van der Waals surface area contributed by atoms with Crippen LogP contribution in [0.5, 0.6) is 0 Å². The van der Waals surface area contributed by atoms with E-state index < -0.39 is 0 Å². The van der Waals surface area contributed by atoms with Gasteiger partial charge in [0.05, 0.1) is 6.54 Å². The van der Waals surface area contributed by atoms with Gasteiger partial charge in [-0.1, -0.05) is 52.1 Å². The van der Waals surface area contributed by atoms with Crippen LogP contribution in [-0.2, 0) is 6.54 Å². The molecule has 0 aliphatic rings. The summed E-state index contributed by atoms with van der Waals surface area (Å²) in [5.41, 5.74) is 0.254. The van der Waals surface area contributed by atoms with Crippen LogP contribution >= 0.6 is 0 Å². The van der Waals surface area contributed by atoms with E-state index in [1.54, 1.807) is 0 Å². The summed E-state index contributed by atoms with van der Waals surface area (Å²) in [5.74, 6) is 0.643. The first-order valence-electron chi connectivity index (χ1n) is 7.84. The normalized spacial score (nSPS) is 11.8. The van der Waals surface area contributed by atoms with E-state index in [0.717, 1.165) is 19.5 Å². The van der Waals surface area contributed by atoms with E-state index in [1.807, 2.05) is 0 Å². The van der Waals surface area contributed by atoms with Gasteiger partial charge >= 0.3 is 6.01 Å².